The molecule has 1 aliphatic rings. The second kappa shape index (κ2) is 5.23. The molecule has 94 valence electrons. The first kappa shape index (κ1) is 12.0. The zero-order valence-corrected chi connectivity index (χ0v) is 10.0. The molecule has 1 heterocycles. The first-order valence-corrected chi connectivity index (χ1v) is 5.94. The van der Waals surface area contributed by atoms with Gasteiger partial charge >= 0.3 is 0 Å². The smallest absolute Gasteiger partial charge is 0.215 e. The molecule has 1 aliphatic carbocycles. The number of nitrogen functional groups attached to an aromatic ring is 1. The van der Waals surface area contributed by atoms with E-state index >= 15 is 0 Å². The summed E-state index contributed by atoms with van der Waals surface area (Å²) in [5, 5.41) is 12.8. The van der Waals surface area contributed by atoms with Gasteiger partial charge in [0.1, 0.15) is 0 Å². The maximum absolute atomic E-state index is 9.44. The van der Waals surface area contributed by atoms with Gasteiger partial charge in [-0.15, -0.1) is 0 Å². The lowest BCUT2D eigenvalue weighted by Crippen LogP contribution is -2.28. The molecule has 0 radical (unpaired) electrons. The number of nitrogens with two attached hydrogens (primary N) is 1. The number of hydrogen-bond acceptors (Lipinski definition) is 5. The molecule has 1 aromatic heterocycles. The normalized spacial score (nSPS) is 24.4. The van der Waals surface area contributed by atoms with E-state index in [-0.39, 0.29) is 6.10 Å². The number of hydrogen-bond donors (Lipinski definition) is 3. The topological polar surface area (TPSA) is 80.4 Å². The average Bonchev–Trinajstić information content (AvgIpc) is 2.35. The van der Waals surface area contributed by atoms with Gasteiger partial charge in [-0.25, -0.2) is 0 Å². The standard InChI is InChI=1S/C12H19N3O2/c1-17-11-7-6-10(13)12(15-11)14-8-2-4-9(16)5-3-8/h6-9,16H,2-5,13H2,1H3,(H,14,15). The molecule has 1 aromatic rings. The number of nitrogens with one attached hydrogen (secondary N) is 1. The van der Waals surface area contributed by atoms with E-state index in [2.05, 4.69) is 10.3 Å². The maximum atomic E-state index is 9.44. The lowest BCUT2D eigenvalue weighted by atomic mass is 9.93. The van der Waals surface area contributed by atoms with Crippen molar-refractivity contribution in [3.05, 3.63) is 12.1 Å². The van der Waals surface area contributed by atoms with Gasteiger partial charge < -0.3 is 20.9 Å². The Morgan fingerprint density at radius 1 is 1.35 bits per heavy atom. The minimum atomic E-state index is -0.149. The summed E-state index contributed by atoms with van der Waals surface area (Å²) in [5.74, 6) is 1.23. The zero-order valence-electron chi connectivity index (χ0n) is 10.0. The summed E-state index contributed by atoms with van der Waals surface area (Å²) in [6.45, 7) is 0. The van der Waals surface area contributed by atoms with Gasteiger partial charge in [0.25, 0.3) is 0 Å². The zero-order chi connectivity index (χ0) is 12.3. The summed E-state index contributed by atoms with van der Waals surface area (Å²) < 4.78 is 5.07. The second-order valence-corrected chi connectivity index (χ2v) is 4.44. The molecular weight excluding hydrogens is 218 g/mol. The van der Waals surface area contributed by atoms with Crippen LogP contribution in [0.1, 0.15) is 25.7 Å². The van der Waals surface area contributed by atoms with E-state index in [0.29, 0.717) is 23.4 Å². The van der Waals surface area contributed by atoms with E-state index in [0.717, 1.165) is 25.7 Å². The first-order valence-electron chi connectivity index (χ1n) is 5.94. The molecule has 0 aromatic carbocycles. The van der Waals surface area contributed by atoms with Gasteiger partial charge in [0.05, 0.1) is 18.9 Å². The lowest BCUT2D eigenvalue weighted by Gasteiger charge is -2.27. The molecule has 5 nitrogen and oxygen atoms in total. The molecule has 0 aliphatic heterocycles. The number of anilines is 2. The molecule has 0 bridgehead atoms. The van der Waals surface area contributed by atoms with Crippen molar-refractivity contribution in [2.75, 3.05) is 18.2 Å². The van der Waals surface area contributed by atoms with E-state index in [9.17, 15) is 5.11 Å². The molecule has 17 heavy (non-hydrogen) atoms. The number of ether oxygens (including phenoxy) is 1. The highest BCUT2D eigenvalue weighted by atomic mass is 16.5. The van der Waals surface area contributed by atoms with Crippen LogP contribution in [0.5, 0.6) is 5.88 Å². The van der Waals surface area contributed by atoms with Gasteiger partial charge in [-0.2, -0.15) is 4.98 Å². The van der Waals surface area contributed by atoms with Crippen LogP contribution in [-0.4, -0.2) is 29.3 Å². The molecule has 1 fully saturated rings. The Balaban J connectivity index is 2.02. The van der Waals surface area contributed by atoms with Crippen molar-refractivity contribution in [2.24, 2.45) is 0 Å². The Kier molecular flexibility index (Phi) is 3.68. The van der Waals surface area contributed by atoms with Crippen molar-refractivity contribution in [3.63, 3.8) is 0 Å². The quantitative estimate of drug-likeness (QED) is 0.740. The van der Waals surface area contributed by atoms with Crippen LogP contribution < -0.4 is 15.8 Å². The molecular formula is C12H19N3O2. The van der Waals surface area contributed by atoms with E-state index < -0.39 is 0 Å². The number of pyridine rings is 1. The third-order valence-electron chi connectivity index (χ3n) is 3.15. The van der Waals surface area contributed by atoms with Crippen LogP contribution >= 0.6 is 0 Å². The van der Waals surface area contributed by atoms with Crippen molar-refractivity contribution < 1.29 is 9.84 Å². The monoisotopic (exact) mass is 237 g/mol. The Bertz CT molecular complexity index is 376. The number of aromatic nitrogens is 1. The number of nitrogens with zero attached hydrogens (tertiary/aromatic N) is 1. The molecule has 1 saturated carbocycles. The Morgan fingerprint density at radius 3 is 2.71 bits per heavy atom. The molecule has 4 N–H and O–H groups in total. The third-order valence-corrected chi connectivity index (χ3v) is 3.15. The van der Waals surface area contributed by atoms with Crippen molar-refractivity contribution in [2.45, 2.75) is 37.8 Å². The van der Waals surface area contributed by atoms with Gasteiger partial charge in [0, 0.05) is 12.1 Å². The summed E-state index contributed by atoms with van der Waals surface area (Å²) in [7, 11) is 1.58. The van der Waals surface area contributed by atoms with Crippen LogP contribution in [0.2, 0.25) is 0 Å². The van der Waals surface area contributed by atoms with Crippen molar-refractivity contribution in [1.29, 1.82) is 0 Å². The fraction of sp³-hybridized carbons (Fsp3) is 0.583. The molecule has 0 atom stereocenters. The first-order chi connectivity index (χ1) is 8.19. The average molecular weight is 237 g/mol. The molecule has 5 heteroatoms. The van der Waals surface area contributed by atoms with Gasteiger partial charge in [0.15, 0.2) is 5.82 Å². The largest absolute Gasteiger partial charge is 0.481 e. The fourth-order valence-corrected chi connectivity index (χ4v) is 2.09. The maximum Gasteiger partial charge on any atom is 0.215 e. The minimum absolute atomic E-state index is 0.149. The van der Waals surface area contributed by atoms with Crippen LogP contribution in [-0.2, 0) is 0 Å². The van der Waals surface area contributed by atoms with Gasteiger partial charge in [0.2, 0.25) is 5.88 Å². The Morgan fingerprint density at radius 2 is 2.06 bits per heavy atom. The summed E-state index contributed by atoms with van der Waals surface area (Å²) in [5.41, 5.74) is 6.48. The second-order valence-electron chi connectivity index (χ2n) is 4.44. The highest BCUT2D eigenvalue weighted by Crippen LogP contribution is 2.25. The van der Waals surface area contributed by atoms with Crippen LogP contribution in [0, 0.1) is 0 Å². The van der Waals surface area contributed by atoms with Crippen molar-refractivity contribution in [3.8, 4) is 5.88 Å². The Hall–Kier alpha value is -1.49. The lowest BCUT2D eigenvalue weighted by molar-refractivity contribution is 0.126. The molecule has 0 saturated heterocycles. The van der Waals surface area contributed by atoms with Crippen LogP contribution in [0.3, 0.4) is 0 Å². The van der Waals surface area contributed by atoms with E-state index in [4.69, 9.17) is 10.5 Å². The summed E-state index contributed by atoms with van der Waals surface area (Å²) >= 11 is 0. The summed E-state index contributed by atoms with van der Waals surface area (Å²) in [6, 6.07) is 3.86. The molecule has 2 rings (SSSR count). The SMILES string of the molecule is COc1ccc(N)c(NC2CCC(O)CC2)n1. The predicted molar refractivity (Wildman–Crippen MR) is 67.1 cm³/mol. The minimum Gasteiger partial charge on any atom is -0.481 e. The highest BCUT2D eigenvalue weighted by Gasteiger charge is 2.20. The van der Waals surface area contributed by atoms with Gasteiger partial charge in [-0.3, -0.25) is 0 Å². The highest BCUT2D eigenvalue weighted by molar-refractivity contribution is 5.62. The van der Waals surface area contributed by atoms with E-state index in [1.165, 1.54) is 0 Å². The van der Waals surface area contributed by atoms with Crippen molar-refractivity contribution in [1.82, 2.24) is 4.98 Å². The van der Waals surface area contributed by atoms with Crippen LogP contribution in [0.15, 0.2) is 12.1 Å². The van der Waals surface area contributed by atoms with Crippen LogP contribution in [0.4, 0.5) is 11.5 Å². The van der Waals surface area contributed by atoms with Crippen LogP contribution in [0.25, 0.3) is 0 Å². The molecule has 0 amide bonds. The number of aliphatic hydroxyl groups excluding tert-OH is 1. The van der Waals surface area contributed by atoms with Gasteiger partial charge in [-0.05, 0) is 31.7 Å². The van der Waals surface area contributed by atoms with E-state index in [1.807, 2.05) is 0 Å². The summed E-state index contributed by atoms with van der Waals surface area (Å²) in [6.07, 6.45) is 3.41. The van der Waals surface area contributed by atoms with Crippen molar-refractivity contribution >= 4 is 11.5 Å². The summed E-state index contributed by atoms with van der Waals surface area (Å²) in [4.78, 5) is 4.28. The van der Waals surface area contributed by atoms with E-state index in [1.54, 1.807) is 19.2 Å². The fourth-order valence-electron chi connectivity index (χ4n) is 2.09. The number of aliphatic hydroxyl groups is 1. The third kappa shape index (κ3) is 3.00. The number of rotatable bonds is 3. The Labute approximate surface area is 101 Å². The predicted octanol–water partition coefficient (Wildman–Crippen LogP) is 1.39. The molecule has 0 spiro atoms. The number of methoxy groups -OCH3 is 1. The van der Waals surface area contributed by atoms with Gasteiger partial charge in [-0.1, -0.05) is 0 Å². The molecule has 0 unspecified atom stereocenters.